The van der Waals surface area contributed by atoms with E-state index in [-0.39, 0.29) is 27.3 Å². The van der Waals surface area contributed by atoms with Gasteiger partial charge in [-0.25, -0.2) is 14.4 Å². The summed E-state index contributed by atoms with van der Waals surface area (Å²) in [6.45, 7) is -0.0157. The molecule has 1 N–H and O–H groups in total. The lowest BCUT2D eigenvalue weighted by atomic mass is 9.90. The SMILES string of the molecule is C#C[C@]1(OC(=O)c2ccccc2)[C@H](N(/C=C\C(=O)NC(=O)c2ccccc2)C(C)=O)O[C@@](COC(=O)c2cccc(Cl)c2)(N=[N+]=[N-])[C@H]1OC(=O)c1ccccc1. The molecule has 1 aliphatic rings. The number of nitrogens with zero attached hydrogens (tertiary/aromatic N) is 4. The lowest BCUT2D eigenvalue weighted by Gasteiger charge is -2.37. The Labute approximate surface area is 324 Å². The molecule has 1 fully saturated rings. The van der Waals surface area contributed by atoms with E-state index in [2.05, 4.69) is 21.3 Å². The van der Waals surface area contributed by atoms with Crippen LogP contribution in [0.15, 0.2) is 133 Å². The summed E-state index contributed by atoms with van der Waals surface area (Å²) >= 11 is 6.06. The van der Waals surface area contributed by atoms with E-state index in [9.17, 15) is 34.3 Å². The first-order valence-corrected chi connectivity index (χ1v) is 16.9. The number of nitrogens with one attached hydrogen (secondary N) is 1. The highest BCUT2D eigenvalue weighted by molar-refractivity contribution is 6.30. The smallest absolute Gasteiger partial charge is 0.339 e. The second-order valence-electron chi connectivity index (χ2n) is 11.9. The van der Waals surface area contributed by atoms with E-state index in [0.717, 1.165) is 19.2 Å². The van der Waals surface area contributed by atoms with E-state index in [4.69, 9.17) is 37.0 Å². The summed E-state index contributed by atoms with van der Waals surface area (Å²) in [5.41, 5.74) is 4.55. The third-order valence-electron chi connectivity index (χ3n) is 8.17. The molecule has 0 bridgehead atoms. The predicted octanol–water partition coefficient (Wildman–Crippen LogP) is 5.63. The molecule has 3 amide bonds. The van der Waals surface area contributed by atoms with Crippen LogP contribution in [0, 0.1) is 12.3 Å². The normalized spacial score (nSPS) is 19.7. The molecule has 0 radical (unpaired) electrons. The molecule has 0 saturated carbocycles. The maximum atomic E-state index is 13.8. The van der Waals surface area contributed by atoms with Crippen molar-refractivity contribution in [1.82, 2.24) is 10.2 Å². The molecule has 56 heavy (non-hydrogen) atoms. The number of carbonyl (C=O) groups excluding carboxylic acids is 6. The van der Waals surface area contributed by atoms with Gasteiger partial charge < -0.3 is 18.9 Å². The largest absolute Gasteiger partial charge is 0.459 e. The Hall–Kier alpha value is -7.24. The van der Waals surface area contributed by atoms with E-state index in [1.807, 2.05) is 0 Å². The Kier molecular flexibility index (Phi) is 12.6. The van der Waals surface area contributed by atoms with E-state index in [1.165, 1.54) is 84.9 Å². The van der Waals surface area contributed by atoms with Gasteiger partial charge >= 0.3 is 17.9 Å². The van der Waals surface area contributed by atoms with Crippen LogP contribution in [0.5, 0.6) is 0 Å². The van der Waals surface area contributed by atoms with Crippen molar-refractivity contribution in [3.8, 4) is 12.3 Å². The van der Waals surface area contributed by atoms with Crippen molar-refractivity contribution in [3.05, 3.63) is 165 Å². The molecule has 0 aliphatic carbocycles. The van der Waals surface area contributed by atoms with Crippen molar-refractivity contribution in [3.63, 3.8) is 0 Å². The fourth-order valence-corrected chi connectivity index (χ4v) is 5.73. The first-order chi connectivity index (χ1) is 26.9. The summed E-state index contributed by atoms with van der Waals surface area (Å²) < 4.78 is 23.6. The molecule has 4 atom stereocenters. The minimum Gasteiger partial charge on any atom is -0.459 e. The minimum absolute atomic E-state index is 0.0370. The number of amides is 3. The number of benzene rings is 4. The van der Waals surface area contributed by atoms with Crippen LogP contribution < -0.4 is 5.32 Å². The van der Waals surface area contributed by atoms with E-state index >= 15 is 0 Å². The first-order valence-electron chi connectivity index (χ1n) is 16.5. The second-order valence-corrected chi connectivity index (χ2v) is 12.3. The van der Waals surface area contributed by atoms with Gasteiger partial charge in [-0.15, -0.1) is 6.42 Å². The van der Waals surface area contributed by atoms with Gasteiger partial charge in [0, 0.05) is 34.7 Å². The molecule has 4 aromatic rings. The number of rotatable bonds is 12. The first kappa shape index (κ1) is 40.0. The number of carbonyl (C=O) groups is 6. The van der Waals surface area contributed by atoms with E-state index in [1.54, 1.807) is 30.3 Å². The highest BCUT2D eigenvalue weighted by Crippen LogP contribution is 2.46. The maximum Gasteiger partial charge on any atom is 0.339 e. The standard InChI is InChI=1S/C40H30ClN5O10/c1-3-39(55-36(52)29-18-11-6-12-19-29)37(54-35(51)28-16-9-5-10-17-28)40(44-45-42,25-53-34(50)30-20-13-21-31(41)24-30)56-38(39)46(26(2)47)23-22-32(48)43-33(49)27-14-7-4-8-15-27/h1,4-24,37-38H,25H2,2H3,(H,43,48,49)/b23-22-/t37-,38+,39+,40+/m0/s1. The van der Waals surface area contributed by atoms with Crippen molar-refractivity contribution in [2.45, 2.75) is 30.6 Å². The number of hydrogen-bond donors (Lipinski definition) is 1. The van der Waals surface area contributed by atoms with Crippen molar-refractivity contribution in [2.75, 3.05) is 6.61 Å². The van der Waals surface area contributed by atoms with Crippen molar-refractivity contribution in [2.24, 2.45) is 5.11 Å². The van der Waals surface area contributed by atoms with Gasteiger partial charge in [-0.2, -0.15) is 0 Å². The van der Waals surface area contributed by atoms with Crippen LogP contribution in [0.2, 0.25) is 5.02 Å². The lowest BCUT2D eigenvalue weighted by Crippen LogP contribution is -2.59. The van der Waals surface area contributed by atoms with Gasteiger partial charge in [0.1, 0.15) is 6.61 Å². The molecule has 16 heteroatoms. The van der Waals surface area contributed by atoms with Crippen LogP contribution in [0.25, 0.3) is 10.4 Å². The monoisotopic (exact) mass is 775 g/mol. The quantitative estimate of drug-likeness (QED) is 0.0357. The number of halogens is 1. The Morgan fingerprint density at radius 1 is 0.875 bits per heavy atom. The van der Waals surface area contributed by atoms with Crippen LogP contribution in [0.1, 0.15) is 48.4 Å². The molecule has 282 valence electrons. The van der Waals surface area contributed by atoms with Crippen LogP contribution in [0.3, 0.4) is 0 Å². The van der Waals surface area contributed by atoms with Gasteiger partial charge in [-0.05, 0) is 66.0 Å². The van der Waals surface area contributed by atoms with Gasteiger partial charge in [-0.3, -0.25) is 24.6 Å². The highest BCUT2D eigenvalue weighted by atomic mass is 35.5. The fourth-order valence-electron chi connectivity index (χ4n) is 5.54. The topological polar surface area (TPSA) is 203 Å². The zero-order valence-corrected chi connectivity index (χ0v) is 30.1. The van der Waals surface area contributed by atoms with Crippen LogP contribution >= 0.6 is 11.6 Å². The molecular weight excluding hydrogens is 746 g/mol. The molecule has 0 aromatic heterocycles. The fraction of sp³-hybridized carbons (Fsp3) is 0.150. The third kappa shape index (κ3) is 8.92. The summed E-state index contributed by atoms with van der Waals surface area (Å²) in [5, 5.41) is 6.08. The number of esters is 3. The second kappa shape index (κ2) is 17.7. The van der Waals surface area contributed by atoms with Crippen molar-refractivity contribution < 1.29 is 47.7 Å². The molecule has 1 aliphatic heterocycles. The van der Waals surface area contributed by atoms with E-state index < -0.39 is 65.9 Å². The zero-order chi connectivity index (χ0) is 40.3. The van der Waals surface area contributed by atoms with Gasteiger partial charge in [0.2, 0.25) is 11.6 Å². The number of ether oxygens (including phenoxy) is 4. The molecule has 0 unspecified atom stereocenters. The van der Waals surface area contributed by atoms with Gasteiger partial charge in [0.25, 0.3) is 17.4 Å². The summed E-state index contributed by atoms with van der Waals surface area (Å²) in [5.74, 6) is -3.58. The molecular formula is C40H30ClN5O10. The molecule has 4 aromatic carbocycles. The van der Waals surface area contributed by atoms with Gasteiger partial charge in [0.15, 0.2) is 12.3 Å². The van der Waals surface area contributed by atoms with Crippen LogP contribution in [0.4, 0.5) is 0 Å². The Morgan fingerprint density at radius 2 is 1.45 bits per heavy atom. The van der Waals surface area contributed by atoms with E-state index in [0.29, 0.717) is 4.90 Å². The molecule has 1 saturated heterocycles. The van der Waals surface area contributed by atoms with Crippen molar-refractivity contribution >= 4 is 47.2 Å². The Bertz CT molecular complexity index is 2260. The third-order valence-corrected chi connectivity index (χ3v) is 8.41. The lowest BCUT2D eigenvalue weighted by molar-refractivity contribution is -0.161. The van der Waals surface area contributed by atoms with Crippen molar-refractivity contribution in [1.29, 1.82) is 0 Å². The number of terminal acetylenes is 1. The summed E-state index contributed by atoms with van der Waals surface area (Å²) in [4.78, 5) is 83.5. The van der Waals surface area contributed by atoms with Crippen LogP contribution in [-0.2, 0) is 28.5 Å². The number of azide groups is 1. The highest BCUT2D eigenvalue weighted by Gasteiger charge is 2.71. The molecule has 1 heterocycles. The van der Waals surface area contributed by atoms with Gasteiger partial charge in [0.05, 0.1) is 16.7 Å². The van der Waals surface area contributed by atoms with Gasteiger partial charge in [-0.1, -0.05) is 77.4 Å². The Morgan fingerprint density at radius 3 is 2.00 bits per heavy atom. The molecule has 15 nitrogen and oxygen atoms in total. The summed E-state index contributed by atoms with van der Waals surface area (Å²) in [6.07, 6.45) is 3.56. The zero-order valence-electron chi connectivity index (χ0n) is 29.3. The summed E-state index contributed by atoms with van der Waals surface area (Å²) in [6, 6.07) is 28.3. The Balaban J connectivity index is 1.64. The minimum atomic E-state index is -2.72. The maximum absolute atomic E-state index is 13.8. The number of imide groups is 1. The molecule has 5 rings (SSSR count). The molecule has 0 spiro atoms. The van der Waals surface area contributed by atoms with Crippen LogP contribution in [-0.4, -0.2) is 70.8 Å². The average molecular weight is 776 g/mol. The average Bonchev–Trinajstić information content (AvgIpc) is 3.45. The summed E-state index contributed by atoms with van der Waals surface area (Å²) in [7, 11) is 0. The predicted molar refractivity (Wildman–Crippen MR) is 198 cm³/mol. The number of hydrogen-bond acceptors (Lipinski definition) is 11.